The number of aromatic nitrogens is 1. The average molecular weight is 419 g/mol. The van der Waals surface area contributed by atoms with Crippen molar-refractivity contribution in [1.29, 1.82) is 0 Å². The Bertz CT molecular complexity index is 1100. The number of thiophene rings is 1. The molecule has 3 heterocycles. The van der Waals surface area contributed by atoms with Crippen LogP contribution in [0.1, 0.15) is 39.9 Å². The normalized spacial score (nSPS) is 16.1. The molecule has 3 nitrogen and oxygen atoms in total. The van der Waals surface area contributed by atoms with Crippen molar-refractivity contribution < 1.29 is 4.79 Å². The first-order valence-electron chi connectivity index (χ1n) is 10.0. The van der Waals surface area contributed by atoms with Gasteiger partial charge in [0.25, 0.3) is 0 Å². The molecule has 0 bridgehead atoms. The minimum Gasteiger partial charge on any atom is -0.331 e. The van der Waals surface area contributed by atoms with E-state index < -0.39 is 0 Å². The van der Waals surface area contributed by atoms with E-state index in [0.717, 1.165) is 36.3 Å². The summed E-state index contributed by atoms with van der Waals surface area (Å²) in [6.45, 7) is 0.799. The van der Waals surface area contributed by atoms with Crippen LogP contribution in [0.15, 0.2) is 66.0 Å². The van der Waals surface area contributed by atoms with Crippen molar-refractivity contribution in [2.45, 2.75) is 31.7 Å². The van der Waals surface area contributed by atoms with Crippen molar-refractivity contribution in [3.63, 3.8) is 0 Å². The Morgan fingerprint density at radius 2 is 1.90 bits per heavy atom. The summed E-state index contributed by atoms with van der Waals surface area (Å²) >= 11 is 3.55. The molecular weight excluding hydrogens is 396 g/mol. The van der Waals surface area contributed by atoms with Gasteiger partial charge in [-0.2, -0.15) is 0 Å². The Hall–Kier alpha value is -2.50. The highest BCUT2D eigenvalue weighted by molar-refractivity contribution is 7.18. The maximum atomic E-state index is 13.2. The molecule has 0 aliphatic carbocycles. The SMILES string of the molecule is O=C(CCCc1nc2ccccc2s1)N1CCc2sccc2C1c1ccccc1. The Morgan fingerprint density at radius 1 is 1.07 bits per heavy atom. The molecule has 0 radical (unpaired) electrons. The third-order valence-corrected chi connectivity index (χ3v) is 7.61. The van der Waals surface area contributed by atoms with Gasteiger partial charge in [0.05, 0.1) is 21.3 Å². The number of amides is 1. The lowest BCUT2D eigenvalue weighted by atomic mass is 9.93. The first-order chi connectivity index (χ1) is 14.3. The number of thiazole rings is 1. The number of carbonyl (C=O) groups excluding carboxylic acids is 1. The first kappa shape index (κ1) is 18.5. The first-order valence-corrected chi connectivity index (χ1v) is 11.7. The van der Waals surface area contributed by atoms with Gasteiger partial charge >= 0.3 is 0 Å². The van der Waals surface area contributed by atoms with Crippen LogP contribution in [0.5, 0.6) is 0 Å². The number of aryl methyl sites for hydroxylation is 1. The molecule has 2 aromatic heterocycles. The summed E-state index contributed by atoms with van der Waals surface area (Å²) in [6.07, 6.45) is 3.23. The largest absolute Gasteiger partial charge is 0.331 e. The van der Waals surface area contributed by atoms with Crippen LogP contribution in [0.4, 0.5) is 0 Å². The maximum Gasteiger partial charge on any atom is 0.223 e. The minimum atomic E-state index is 0.0427. The molecule has 0 saturated heterocycles. The third-order valence-electron chi connectivity index (χ3n) is 5.52. The van der Waals surface area contributed by atoms with Gasteiger partial charge in [-0.25, -0.2) is 4.98 Å². The lowest BCUT2D eigenvalue weighted by molar-refractivity contribution is -0.133. The summed E-state index contributed by atoms with van der Waals surface area (Å²) in [7, 11) is 0. The molecule has 1 atom stereocenters. The van der Waals surface area contributed by atoms with Gasteiger partial charge in [-0.1, -0.05) is 42.5 Å². The van der Waals surface area contributed by atoms with Crippen molar-refractivity contribution in [2.24, 2.45) is 0 Å². The number of fused-ring (bicyclic) bond motifs is 2. The van der Waals surface area contributed by atoms with Gasteiger partial charge in [-0.3, -0.25) is 4.79 Å². The van der Waals surface area contributed by atoms with Crippen LogP contribution >= 0.6 is 22.7 Å². The lowest BCUT2D eigenvalue weighted by Gasteiger charge is -2.36. The van der Waals surface area contributed by atoms with E-state index >= 15 is 0 Å². The number of benzene rings is 2. The summed E-state index contributed by atoms with van der Waals surface area (Å²) in [5.74, 6) is 0.247. The van der Waals surface area contributed by atoms with Crippen LogP contribution in [-0.2, 0) is 17.6 Å². The molecule has 4 aromatic rings. The quantitative estimate of drug-likeness (QED) is 0.407. The number of hydrogen-bond acceptors (Lipinski definition) is 4. The van der Waals surface area contributed by atoms with Crippen LogP contribution in [0.2, 0.25) is 0 Å². The second-order valence-corrected chi connectivity index (χ2v) is 9.49. The molecule has 5 rings (SSSR count). The molecule has 29 heavy (non-hydrogen) atoms. The summed E-state index contributed by atoms with van der Waals surface area (Å²) in [6, 6.07) is 20.9. The van der Waals surface area contributed by atoms with Gasteiger partial charge in [0.15, 0.2) is 0 Å². The predicted octanol–water partition coefficient (Wildman–Crippen LogP) is 5.85. The smallest absolute Gasteiger partial charge is 0.223 e. The topological polar surface area (TPSA) is 33.2 Å². The van der Waals surface area contributed by atoms with Gasteiger partial charge in [0.1, 0.15) is 0 Å². The standard InChI is InChI=1S/C24H22N2OS2/c27-23(12-6-11-22-25-19-9-4-5-10-21(19)29-22)26-15-13-20-18(14-16-28-20)24(26)17-7-2-1-3-8-17/h1-5,7-10,14,16,24H,6,11-13,15H2. The van der Waals surface area contributed by atoms with Gasteiger partial charge in [-0.05, 0) is 54.0 Å². The van der Waals surface area contributed by atoms with Crippen molar-refractivity contribution >= 4 is 38.8 Å². The van der Waals surface area contributed by atoms with E-state index in [0.29, 0.717) is 6.42 Å². The van der Waals surface area contributed by atoms with Crippen LogP contribution in [0, 0.1) is 0 Å². The van der Waals surface area contributed by atoms with Crippen LogP contribution < -0.4 is 0 Å². The second-order valence-electron chi connectivity index (χ2n) is 7.38. The van der Waals surface area contributed by atoms with E-state index in [-0.39, 0.29) is 11.9 Å². The van der Waals surface area contributed by atoms with Gasteiger partial charge in [0.2, 0.25) is 5.91 Å². The van der Waals surface area contributed by atoms with E-state index in [1.807, 2.05) is 29.5 Å². The molecular formula is C24H22N2OS2. The van der Waals surface area contributed by atoms with Crippen LogP contribution in [0.25, 0.3) is 10.2 Å². The molecule has 1 aliphatic rings. The molecule has 0 saturated carbocycles. The van der Waals surface area contributed by atoms with Crippen molar-refractivity contribution in [2.75, 3.05) is 6.54 Å². The van der Waals surface area contributed by atoms with Gasteiger partial charge in [-0.15, -0.1) is 22.7 Å². The van der Waals surface area contributed by atoms with Gasteiger partial charge in [0, 0.05) is 17.8 Å². The lowest BCUT2D eigenvalue weighted by Crippen LogP contribution is -2.40. The molecule has 1 amide bonds. The fourth-order valence-corrected chi connectivity index (χ4v) is 6.05. The molecule has 1 aliphatic heterocycles. The molecule has 5 heteroatoms. The van der Waals surface area contributed by atoms with Crippen molar-refractivity contribution in [1.82, 2.24) is 9.88 Å². The number of nitrogens with zero attached hydrogens (tertiary/aromatic N) is 2. The molecule has 0 N–H and O–H groups in total. The monoisotopic (exact) mass is 418 g/mol. The van der Waals surface area contributed by atoms with Crippen LogP contribution in [0.3, 0.4) is 0 Å². The Balaban J connectivity index is 1.30. The number of carbonyl (C=O) groups is 1. The van der Waals surface area contributed by atoms with E-state index in [2.05, 4.69) is 52.7 Å². The van der Waals surface area contributed by atoms with E-state index in [9.17, 15) is 4.79 Å². The molecule has 0 spiro atoms. The van der Waals surface area contributed by atoms with Crippen LogP contribution in [-0.4, -0.2) is 22.3 Å². The number of rotatable bonds is 5. The minimum absolute atomic E-state index is 0.0427. The molecule has 1 unspecified atom stereocenters. The molecule has 146 valence electrons. The highest BCUT2D eigenvalue weighted by atomic mass is 32.1. The van der Waals surface area contributed by atoms with E-state index in [1.54, 1.807) is 11.3 Å². The number of para-hydroxylation sites is 1. The fraction of sp³-hybridized carbons (Fsp3) is 0.250. The summed E-state index contributed by atoms with van der Waals surface area (Å²) in [4.78, 5) is 21.4. The van der Waals surface area contributed by atoms with Gasteiger partial charge < -0.3 is 4.90 Å². The second kappa shape index (κ2) is 8.09. The fourth-order valence-electron chi connectivity index (χ4n) is 4.14. The predicted molar refractivity (Wildman–Crippen MR) is 121 cm³/mol. The summed E-state index contributed by atoms with van der Waals surface area (Å²) in [5, 5.41) is 3.28. The summed E-state index contributed by atoms with van der Waals surface area (Å²) in [5.41, 5.74) is 3.56. The Labute approximate surface area is 178 Å². The zero-order valence-electron chi connectivity index (χ0n) is 16.1. The van der Waals surface area contributed by atoms with Crippen molar-refractivity contribution in [3.8, 4) is 0 Å². The molecule has 0 fully saturated rings. The van der Waals surface area contributed by atoms with E-state index in [4.69, 9.17) is 4.98 Å². The molecule has 2 aromatic carbocycles. The zero-order valence-corrected chi connectivity index (χ0v) is 17.7. The highest BCUT2D eigenvalue weighted by Gasteiger charge is 2.32. The third kappa shape index (κ3) is 3.72. The Morgan fingerprint density at radius 3 is 2.76 bits per heavy atom. The van der Waals surface area contributed by atoms with Crippen molar-refractivity contribution in [3.05, 3.63) is 87.1 Å². The maximum absolute atomic E-state index is 13.2. The summed E-state index contributed by atoms with van der Waals surface area (Å²) < 4.78 is 1.22. The number of hydrogen-bond donors (Lipinski definition) is 0. The highest BCUT2D eigenvalue weighted by Crippen LogP contribution is 2.38. The average Bonchev–Trinajstić information content (AvgIpc) is 3.40. The zero-order chi connectivity index (χ0) is 19.6. The van der Waals surface area contributed by atoms with E-state index in [1.165, 1.54) is 20.7 Å². The Kier molecular flexibility index (Phi) is 5.17.